The molecular formula is C23H34O6. The molecule has 29 heavy (non-hydrogen) atoms. The van der Waals surface area contributed by atoms with Gasteiger partial charge in [0.05, 0.1) is 36.4 Å². The normalized spacial score (nSPS) is 36.2. The summed E-state index contributed by atoms with van der Waals surface area (Å²) in [6.45, 7) is 12.0. The molecule has 3 rings (SSSR count). The molecule has 0 N–H and O–H groups in total. The predicted octanol–water partition coefficient (Wildman–Crippen LogP) is 3.74. The van der Waals surface area contributed by atoms with Gasteiger partial charge >= 0.3 is 11.9 Å². The maximum absolute atomic E-state index is 12.8. The van der Waals surface area contributed by atoms with Crippen LogP contribution in [-0.4, -0.2) is 49.1 Å². The molecule has 3 aliphatic rings. The van der Waals surface area contributed by atoms with Crippen molar-refractivity contribution in [2.45, 2.75) is 83.2 Å². The number of epoxide rings is 2. The van der Waals surface area contributed by atoms with E-state index < -0.39 is 5.92 Å². The Hall–Kier alpha value is -1.66. The van der Waals surface area contributed by atoms with Crippen molar-refractivity contribution in [3.05, 3.63) is 23.8 Å². The fourth-order valence-corrected chi connectivity index (χ4v) is 4.52. The summed E-state index contributed by atoms with van der Waals surface area (Å²) in [5.41, 5.74) is 1.52. The SMILES string of the molecule is C=C1CC[C@H]2O[C@@]2(C)CC[C@H](/C(=C\CC2OC2(C)C)COC(C)=O)[C@H]1C(=O)OC. The van der Waals surface area contributed by atoms with Gasteiger partial charge in [0.25, 0.3) is 0 Å². The van der Waals surface area contributed by atoms with E-state index in [2.05, 4.69) is 33.4 Å². The summed E-state index contributed by atoms with van der Waals surface area (Å²) in [7, 11) is 1.41. The first-order valence-electron chi connectivity index (χ1n) is 10.5. The number of fused-ring (bicyclic) bond motifs is 1. The van der Waals surface area contributed by atoms with Gasteiger partial charge in [0.15, 0.2) is 0 Å². The smallest absolute Gasteiger partial charge is 0.313 e. The van der Waals surface area contributed by atoms with Gasteiger partial charge in [-0.15, -0.1) is 0 Å². The lowest BCUT2D eigenvalue weighted by Crippen LogP contribution is -2.30. The third kappa shape index (κ3) is 5.10. The van der Waals surface area contributed by atoms with Gasteiger partial charge in [-0.05, 0) is 58.4 Å². The Balaban J connectivity index is 1.89. The van der Waals surface area contributed by atoms with Crippen LogP contribution in [0, 0.1) is 11.8 Å². The van der Waals surface area contributed by atoms with Crippen molar-refractivity contribution in [1.29, 1.82) is 0 Å². The van der Waals surface area contributed by atoms with E-state index in [-0.39, 0.29) is 47.9 Å². The van der Waals surface area contributed by atoms with Crippen LogP contribution in [0.4, 0.5) is 0 Å². The molecule has 1 saturated carbocycles. The van der Waals surface area contributed by atoms with Gasteiger partial charge in [-0.1, -0.05) is 18.2 Å². The highest BCUT2D eigenvalue weighted by Crippen LogP contribution is 2.48. The predicted molar refractivity (Wildman–Crippen MR) is 108 cm³/mol. The van der Waals surface area contributed by atoms with E-state index in [0.29, 0.717) is 0 Å². The Kier molecular flexibility index (Phi) is 6.25. The molecule has 0 spiro atoms. The fraction of sp³-hybridized carbons (Fsp3) is 0.739. The lowest BCUT2D eigenvalue weighted by atomic mass is 9.77. The van der Waals surface area contributed by atoms with Crippen LogP contribution in [0.1, 0.15) is 59.8 Å². The summed E-state index contributed by atoms with van der Waals surface area (Å²) >= 11 is 0. The van der Waals surface area contributed by atoms with Gasteiger partial charge in [0, 0.05) is 12.8 Å². The van der Waals surface area contributed by atoms with E-state index in [1.807, 2.05) is 0 Å². The number of carbonyl (C=O) groups excluding carboxylic acids is 2. The van der Waals surface area contributed by atoms with Crippen molar-refractivity contribution in [3.8, 4) is 0 Å². The third-order valence-electron chi connectivity index (χ3n) is 6.69. The molecule has 1 unspecified atom stereocenters. The molecule has 5 atom stereocenters. The maximum Gasteiger partial charge on any atom is 0.313 e. The molecule has 0 radical (unpaired) electrons. The largest absolute Gasteiger partial charge is 0.469 e. The van der Waals surface area contributed by atoms with Gasteiger partial charge < -0.3 is 18.9 Å². The highest BCUT2D eigenvalue weighted by molar-refractivity contribution is 5.76. The second-order valence-electron chi connectivity index (χ2n) is 9.27. The van der Waals surface area contributed by atoms with Crippen molar-refractivity contribution < 1.29 is 28.5 Å². The topological polar surface area (TPSA) is 77.7 Å². The molecule has 1 aliphatic carbocycles. The number of carbonyl (C=O) groups is 2. The third-order valence-corrected chi connectivity index (χ3v) is 6.69. The van der Waals surface area contributed by atoms with Gasteiger partial charge in [0.1, 0.15) is 6.61 Å². The average Bonchev–Trinajstić information content (AvgIpc) is 3.49. The number of rotatable bonds is 6. The Labute approximate surface area is 173 Å². The van der Waals surface area contributed by atoms with Crippen LogP contribution in [0.2, 0.25) is 0 Å². The minimum absolute atomic E-state index is 0.130. The molecule has 6 heteroatoms. The molecule has 0 bridgehead atoms. The summed E-state index contributed by atoms with van der Waals surface area (Å²) in [4.78, 5) is 24.3. The molecule has 3 fully saturated rings. The van der Waals surface area contributed by atoms with E-state index in [0.717, 1.165) is 43.3 Å². The lowest BCUT2D eigenvalue weighted by Gasteiger charge is -2.29. The molecule has 162 valence electrons. The number of hydrogen-bond acceptors (Lipinski definition) is 6. The Morgan fingerprint density at radius 3 is 2.52 bits per heavy atom. The number of ether oxygens (including phenoxy) is 4. The van der Waals surface area contributed by atoms with Gasteiger partial charge in [-0.25, -0.2) is 0 Å². The minimum atomic E-state index is -0.448. The van der Waals surface area contributed by atoms with E-state index in [9.17, 15) is 9.59 Å². The number of esters is 2. The van der Waals surface area contributed by atoms with Crippen molar-refractivity contribution in [3.63, 3.8) is 0 Å². The zero-order valence-electron chi connectivity index (χ0n) is 18.3. The van der Waals surface area contributed by atoms with Gasteiger partial charge in [0.2, 0.25) is 0 Å². The van der Waals surface area contributed by atoms with Crippen molar-refractivity contribution >= 4 is 11.9 Å². The first-order chi connectivity index (χ1) is 13.6. The van der Waals surface area contributed by atoms with Gasteiger partial charge in [-0.3, -0.25) is 9.59 Å². The first-order valence-corrected chi connectivity index (χ1v) is 10.5. The quantitative estimate of drug-likeness (QED) is 0.380. The van der Waals surface area contributed by atoms with E-state index in [1.165, 1.54) is 14.0 Å². The number of hydrogen-bond donors (Lipinski definition) is 0. The summed E-state index contributed by atoms with van der Waals surface area (Å²) in [6.07, 6.45) is 6.33. The monoisotopic (exact) mass is 406 g/mol. The first kappa shape index (κ1) is 22.0. The second kappa shape index (κ2) is 8.23. The van der Waals surface area contributed by atoms with Crippen LogP contribution >= 0.6 is 0 Å². The Bertz CT molecular complexity index is 708. The van der Waals surface area contributed by atoms with Crippen molar-refractivity contribution in [2.75, 3.05) is 13.7 Å². The van der Waals surface area contributed by atoms with Crippen LogP contribution in [0.5, 0.6) is 0 Å². The highest BCUT2D eigenvalue weighted by atomic mass is 16.6. The molecule has 0 aromatic heterocycles. The Morgan fingerprint density at radius 1 is 1.24 bits per heavy atom. The van der Waals surface area contributed by atoms with E-state index >= 15 is 0 Å². The summed E-state index contributed by atoms with van der Waals surface area (Å²) < 4.78 is 22.1. The van der Waals surface area contributed by atoms with Crippen LogP contribution in [0.25, 0.3) is 0 Å². The van der Waals surface area contributed by atoms with Crippen molar-refractivity contribution in [1.82, 2.24) is 0 Å². The average molecular weight is 407 g/mol. The number of methoxy groups -OCH3 is 1. The molecule has 6 nitrogen and oxygen atoms in total. The minimum Gasteiger partial charge on any atom is -0.469 e. The van der Waals surface area contributed by atoms with E-state index in [4.69, 9.17) is 18.9 Å². The maximum atomic E-state index is 12.8. The standard InChI is InChI=1S/C23H34O6/c1-14-7-9-19-23(5,29-19)12-11-17(20(14)21(25)26-6)16(13-27-15(2)24)8-10-18-22(3,4)28-18/h8,17-20H,1,7,9-13H2,2-6H3/b16-8-/t17-,18?,19-,20+,23+/m1/s1. The van der Waals surface area contributed by atoms with Crippen molar-refractivity contribution in [2.24, 2.45) is 11.8 Å². The zero-order valence-corrected chi connectivity index (χ0v) is 18.3. The van der Waals surface area contributed by atoms with Crippen LogP contribution < -0.4 is 0 Å². The second-order valence-corrected chi connectivity index (χ2v) is 9.27. The summed E-state index contributed by atoms with van der Waals surface area (Å²) in [5, 5.41) is 0. The van der Waals surface area contributed by atoms with Crippen LogP contribution in [-0.2, 0) is 28.5 Å². The molecule has 2 heterocycles. The van der Waals surface area contributed by atoms with E-state index in [1.54, 1.807) is 0 Å². The molecule has 0 aromatic rings. The molecule has 0 amide bonds. The fourth-order valence-electron chi connectivity index (χ4n) is 4.52. The van der Waals surface area contributed by atoms with Crippen LogP contribution in [0.15, 0.2) is 23.8 Å². The molecule has 2 aliphatic heterocycles. The van der Waals surface area contributed by atoms with Gasteiger partial charge in [-0.2, -0.15) is 0 Å². The summed E-state index contributed by atoms with van der Waals surface area (Å²) in [6, 6.07) is 0. The Morgan fingerprint density at radius 2 is 1.93 bits per heavy atom. The molecule has 2 saturated heterocycles. The lowest BCUT2D eigenvalue weighted by molar-refractivity contribution is -0.145. The highest BCUT2D eigenvalue weighted by Gasteiger charge is 2.53. The summed E-state index contributed by atoms with van der Waals surface area (Å²) in [5.74, 6) is -1.21. The van der Waals surface area contributed by atoms with Crippen LogP contribution in [0.3, 0.4) is 0 Å². The molecular weight excluding hydrogens is 372 g/mol. The zero-order chi connectivity index (χ0) is 21.4. The molecule has 0 aromatic carbocycles.